The molecule has 1 aliphatic rings. The molecule has 0 bridgehead atoms. The quantitative estimate of drug-likeness (QED) is 0.740. The van der Waals surface area contributed by atoms with Crippen LogP contribution in [0.1, 0.15) is 32.6 Å². The Balaban J connectivity index is 1.91. The van der Waals surface area contributed by atoms with Gasteiger partial charge in [-0.2, -0.15) is 5.10 Å². The first-order valence-corrected chi connectivity index (χ1v) is 8.70. The van der Waals surface area contributed by atoms with Gasteiger partial charge in [0.25, 0.3) is 0 Å². The van der Waals surface area contributed by atoms with Gasteiger partial charge in [0.05, 0.1) is 12.7 Å². The lowest BCUT2D eigenvalue weighted by Gasteiger charge is -2.15. The van der Waals surface area contributed by atoms with E-state index in [-0.39, 0.29) is 4.90 Å². The molecule has 2 rings (SSSR count). The zero-order valence-electron chi connectivity index (χ0n) is 12.2. The molecule has 0 radical (unpaired) electrons. The second-order valence-electron chi connectivity index (χ2n) is 5.35. The summed E-state index contributed by atoms with van der Waals surface area (Å²) in [6, 6.07) is 0.661. The standard InChI is InChI=1S/C13H24N4O2S/c1-3-4-8-16(2)20(18,19)13-10-15-17(11-13)9-7-14-12-5-6-12/h10-12,14H,3-9H2,1-2H3. The molecule has 0 amide bonds. The lowest BCUT2D eigenvalue weighted by atomic mass is 10.3. The first kappa shape index (κ1) is 15.5. The Morgan fingerprint density at radius 3 is 2.90 bits per heavy atom. The predicted octanol–water partition coefficient (Wildman–Crippen LogP) is 1.06. The van der Waals surface area contributed by atoms with E-state index in [0.717, 1.165) is 19.4 Å². The zero-order chi connectivity index (χ0) is 14.6. The van der Waals surface area contributed by atoms with Crippen LogP contribution in [0.25, 0.3) is 0 Å². The highest BCUT2D eigenvalue weighted by atomic mass is 32.2. The number of rotatable bonds is 9. The SMILES string of the molecule is CCCCN(C)S(=O)(=O)c1cnn(CCNC2CC2)c1. The van der Waals surface area contributed by atoms with Crippen LogP contribution in [0, 0.1) is 0 Å². The van der Waals surface area contributed by atoms with Gasteiger partial charge in [0.1, 0.15) is 4.90 Å². The van der Waals surface area contributed by atoms with Gasteiger partial charge >= 0.3 is 0 Å². The molecule has 0 saturated heterocycles. The lowest BCUT2D eigenvalue weighted by molar-refractivity contribution is 0.459. The fraction of sp³-hybridized carbons (Fsp3) is 0.769. The van der Waals surface area contributed by atoms with Crippen LogP contribution in [-0.4, -0.2) is 48.7 Å². The van der Waals surface area contributed by atoms with Gasteiger partial charge in [-0.05, 0) is 19.3 Å². The van der Waals surface area contributed by atoms with Crippen LogP contribution in [-0.2, 0) is 16.6 Å². The fourth-order valence-corrected chi connectivity index (χ4v) is 3.12. The van der Waals surface area contributed by atoms with Gasteiger partial charge in [-0.25, -0.2) is 12.7 Å². The maximum absolute atomic E-state index is 12.3. The van der Waals surface area contributed by atoms with E-state index >= 15 is 0 Å². The average Bonchev–Trinajstić information content (AvgIpc) is 3.11. The minimum absolute atomic E-state index is 0.280. The molecule has 1 heterocycles. The molecule has 6 nitrogen and oxygen atoms in total. The molecular formula is C13H24N4O2S. The average molecular weight is 300 g/mol. The summed E-state index contributed by atoms with van der Waals surface area (Å²) in [6.45, 7) is 4.13. The number of hydrogen-bond donors (Lipinski definition) is 1. The summed E-state index contributed by atoms with van der Waals surface area (Å²) in [5, 5.41) is 7.52. The van der Waals surface area contributed by atoms with Crippen LogP contribution in [0.2, 0.25) is 0 Å². The van der Waals surface area contributed by atoms with Crippen molar-refractivity contribution in [1.29, 1.82) is 0 Å². The number of aromatic nitrogens is 2. The van der Waals surface area contributed by atoms with Crippen molar-refractivity contribution < 1.29 is 8.42 Å². The van der Waals surface area contributed by atoms with Gasteiger partial charge in [0, 0.05) is 32.4 Å². The maximum atomic E-state index is 12.3. The number of unbranched alkanes of at least 4 members (excludes halogenated alkanes) is 1. The second-order valence-corrected chi connectivity index (χ2v) is 7.39. The Bertz CT molecular complexity index is 522. The highest BCUT2D eigenvalue weighted by molar-refractivity contribution is 7.89. The van der Waals surface area contributed by atoms with Crippen molar-refractivity contribution in [1.82, 2.24) is 19.4 Å². The van der Waals surface area contributed by atoms with E-state index < -0.39 is 10.0 Å². The van der Waals surface area contributed by atoms with Crippen molar-refractivity contribution in [3.63, 3.8) is 0 Å². The minimum Gasteiger partial charge on any atom is -0.312 e. The third kappa shape index (κ3) is 4.04. The van der Waals surface area contributed by atoms with Crippen LogP contribution in [0.15, 0.2) is 17.3 Å². The van der Waals surface area contributed by atoms with E-state index in [1.165, 1.54) is 23.3 Å². The van der Waals surface area contributed by atoms with Crippen molar-refractivity contribution in [3.05, 3.63) is 12.4 Å². The van der Waals surface area contributed by atoms with Crippen LogP contribution in [0.5, 0.6) is 0 Å². The summed E-state index contributed by atoms with van der Waals surface area (Å²) in [4.78, 5) is 0.280. The van der Waals surface area contributed by atoms with E-state index in [9.17, 15) is 8.42 Å². The van der Waals surface area contributed by atoms with Crippen molar-refractivity contribution in [2.75, 3.05) is 20.1 Å². The molecule has 0 spiro atoms. The highest BCUT2D eigenvalue weighted by Gasteiger charge is 2.22. The van der Waals surface area contributed by atoms with Gasteiger partial charge in [-0.15, -0.1) is 0 Å². The van der Waals surface area contributed by atoms with E-state index in [1.54, 1.807) is 17.9 Å². The number of hydrogen-bond acceptors (Lipinski definition) is 4. The third-order valence-corrected chi connectivity index (χ3v) is 5.31. The summed E-state index contributed by atoms with van der Waals surface area (Å²) in [6.07, 6.45) is 7.41. The van der Waals surface area contributed by atoms with Gasteiger partial charge in [-0.3, -0.25) is 4.68 Å². The molecule has 0 atom stereocenters. The monoisotopic (exact) mass is 300 g/mol. The molecule has 7 heteroatoms. The molecule has 0 aromatic carbocycles. The molecule has 1 N–H and O–H groups in total. The van der Waals surface area contributed by atoms with Crippen LogP contribution >= 0.6 is 0 Å². The molecule has 20 heavy (non-hydrogen) atoms. The van der Waals surface area contributed by atoms with Gasteiger partial charge in [0.2, 0.25) is 10.0 Å². The van der Waals surface area contributed by atoms with Gasteiger partial charge < -0.3 is 5.32 Å². The maximum Gasteiger partial charge on any atom is 0.245 e. The second kappa shape index (κ2) is 6.69. The molecule has 1 saturated carbocycles. The number of nitrogens with zero attached hydrogens (tertiary/aromatic N) is 3. The smallest absolute Gasteiger partial charge is 0.245 e. The first-order valence-electron chi connectivity index (χ1n) is 7.26. The Labute approximate surface area is 121 Å². The Morgan fingerprint density at radius 2 is 2.25 bits per heavy atom. The van der Waals surface area contributed by atoms with Crippen molar-refractivity contribution >= 4 is 10.0 Å². The van der Waals surface area contributed by atoms with E-state index in [1.807, 2.05) is 6.92 Å². The summed E-state index contributed by atoms with van der Waals surface area (Å²) >= 11 is 0. The summed E-state index contributed by atoms with van der Waals surface area (Å²) in [5.41, 5.74) is 0. The molecular weight excluding hydrogens is 276 g/mol. The number of nitrogens with one attached hydrogen (secondary N) is 1. The largest absolute Gasteiger partial charge is 0.312 e. The Kier molecular flexibility index (Phi) is 5.17. The molecule has 1 aliphatic carbocycles. The fourth-order valence-electron chi connectivity index (χ4n) is 1.95. The molecule has 1 aromatic heterocycles. The highest BCUT2D eigenvalue weighted by Crippen LogP contribution is 2.18. The third-order valence-electron chi connectivity index (χ3n) is 3.50. The summed E-state index contributed by atoms with van der Waals surface area (Å²) in [5.74, 6) is 0. The van der Waals surface area contributed by atoms with Gasteiger partial charge in [0.15, 0.2) is 0 Å². The molecule has 0 aliphatic heterocycles. The van der Waals surface area contributed by atoms with Crippen LogP contribution in [0.4, 0.5) is 0 Å². The summed E-state index contributed by atoms with van der Waals surface area (Å²) < 4.78 is 27.7. The molecule has 1 fully saturated rings. The molecule has 114 valence electrons. The first-order chi connectivity index (χ1) is 9.54. The van der Waals surface area contributed by atoms with Crippen molar-refractivity contribution in [2.45, 2.75) is 50.1 Å². The lowest BCUT2D eigenvalue weighted by Crippen LogP contribution is -2.27. The zero-order valence-corrected chi connectivity index (χ0v) is 13.1. The van der Waals surface area contributed by atoms with Crippen LogP contribution in [0.3, 0.4) is 0 Å². The van der Waals surface area contributed by atoms with E-state index in [2.05, 4.69) is 10.4 Å². The number of sulfonamides is 1. The topological polar surface area (TPSA) is 67.2 Å². The van der Waals surface area contributed by atoms with Crippen LogP contribution < -0.4 is 5.32 Å². The Hall–Kier alpha value is -0.920. The summed E-state index contributed by atoms with van der Waals surface area (Å²) in [7, 11) is -1.77. The van der Waals surface area contributed by atoms with Gasteiger partial charge in [-0.1, -0.05) is 13.3 Å². The van der Waals surface area contributed by atoms with Crippen molar-refractivity contribution in [2.24, 2.45) is 0 Å². The van der Waals surface area contributed by atoms with E-state index in [0.29, 0.717) is 19.1 Å². The predicted molar refractivity (Wildman–Crippen MR) is 78.0 cm³/mol. The normalized spacial score (nSPS) is 15.9. The van der Waals surface area contributed by atoms with Crippen molar-refractivity contribution in [3.8, 4) is 0 Å². The molecule has 1 aromatic rings. The Morgan fingerprint density at radius 1 is 1.50 bits per heavy atom. The molecule has 0 unspecified atom stereocenters. The minimum atomic E-state index is -3.39. The van der Waals surface area contributed by atoms with E-state index in [4.69, 9.17) is 0 Å².